The van der Waals surface area contributed by atoms with Crippen molar-refractivity contribution in [3.05, 3.63) is 36.4 Å². The van der Waals surface area contributed by atoms with Gasteiger partial charge >= 0.3 is 0 Å². The molecule has 108 valence electrons. The maximum Gasteiger partial charge on any atom is 0.214 e. The number of aryl methyl sites for hydroxylation is 1. The summed E-state index contributed by atoms with van der Waals surface area (Å²) in [4.78, 5) is 4.22. The Bertz CT molecular complexity index is 721. The molecule has 1 N–H and O–H groups in total. The minimum Gasteiger partial charge on any atom is -0.508 e. The molecule has 9 heteroatoms. The van der Waals surface area contributed by atoms with E-state index < -0.39 is 0 Å². The van der Waals surface area contributed by atoms with E-state index in [2.05, 4.69) is 25.6 Å². The predicted octanol–water partition coefficient (Wildman–Crippen LogP) is 1.27. The minimum atomic E-state index is 0.206. The molecule has 0 fully saturated rings. The van der Waals surface area contributed by atoms with Crippen molar-refractivity contribution in [2.75, 3.05) is 0 Å². The summed E-state index contributed by atoms with van der Waals surface area (Å²) in [6, 6.07) is 6.70. The molecular formula is C12H13N7OS. The summed E-state index contributed by atoms with van der Waals surface area (Å²) in [6.07, 6.45) is 1.54. The first kappa shape index (κ1) is 13.6. The topological polar surface area (TPSA) is 94.5 Å². The highest BCUT2D eigenvalue weighted by Crippen LogP contribution is 2.22. The molecule has 0 radical (unpaired) electrons. The molecule has 0 bridgehead atoms. The van der Waals surface area contributed by atoms with Gasteiger partial charge in [0.15, 0.2) is 0 Å². The van der Waals surface area contributed by atoms with Crippen LogP contribution < -0.4 is 0 Å². The number of nitrogens with zero attached hydrogens (tertiary/aromatic N) is 7. The fourth-order valence-electron chi connectivity index (χ4n) is 1.82. The molecule has 0 saturated carbocycles. The summed E-state index contributed by atoms with van der Waals surface area (Å²) in [7, 11) is 0. The number of thioether (sulfide) groups is 1. The molecule has 0 atom stereocenters. The second-order valence-electron chi connectivity index (χ2n) is 4.17. The van der Waals surface area contributed by atoms with Gasteiger partial charge in [-0.15, -0.1) is 5.10 Å². The number of aromatic nitrogens is 7. The molecule has 8 nitrogen and oxygen atoms in total. The van der Waals surface area contributed by atoms with Crippen LogP contribution in [-0.4, -0.2) is 40.1 Å². The number of phenols is 1. The zero-order valence-electron chi connectivity index (χ0n) is 11.3. The molecular weight excluding hydrogens is 290 g/mol. The quantitative estimate of drug-likeness (QED) is 0.709. The largest absolute Gasteiger partial charge is 0.508 e. The average molecular weight is 303 g/mol. The second kappa shape index (κ2) is 5.92. The third kappa shape index (κ3) is 2.87. The predicted molar refractivity (Wildman–Crippen MR) is 76.1 cm³/mol. The van der Waals surface area contributed by atoms with E-state index in [9.17, 15) is 5.11 Å². The van der Waals surface area contributed by atoms with Crippen molar-refractivity contribution in [3.63, 3.8) is 0 Å². The number of tetrazole rings is 1. The maximum atomic E-state index is 9.33. The van der Waals surface area contributed by atoms with Crippen molar-refractivity contribution in [1.29, 1.82) is 0 Å². The number of phenolic OH excluding ortho intramolecular Hbond substituents is 1. The summed E-state index contributed by atoms with van der Waals surface area (Å²) in [5.41, 5.74) is 0.789. The molecule has 0 aliphatic carbocycles. The average Bonchev–Trinajstić information content (AvgIpc) is 3.14. The highest BCUT2D eigenvalue weighted by atomic mass is 32.2. The molecule has 0 spiro atoms. The van der Waals surface area contributed by atoms with Gasteiger partial charge in [0.1, 0.15) is 17.9 Å². The summed E-state index contributed by atoms with van der Waals surface area (Å²) in [5, 5.41) is 25.8. The monoisotopic (exact) mass is 303 g/mol. The Morgan fingerprint density at radius 1 is 1.24 bits per heavy atom. The fraction of sp³-hybridized carbons (Fsp3) is 0.250. The van der Waals surface area contributed by atoms with E-state index in [0.29, 0.717) is 10.9 Å². The van der Waals surface area contributed by atoms with Crippen molar-refractivity contribution < 1.29 is 5.11 Å². The van der Waals surface area contributed by atoms with Gasteiger partial charge in [0.2, 0.25) is 5.16 Å². The van der Waals surface area contributed by atoms with Gasteiger partial charge in [-0.2, -0.15) is 9.78 Å². The molecule has 0 aliphatic heterocycles. The van der Waals surface area contributed by atoms with Crippen molar-refractivity contribution >= 4 is 11.8 Å². The summed E-state index contributed by atoms with van der Waals surface area (Å²) < 4.78 is 3.46. The molecule has 0 amide bonds. The van der Waals surface area contributed by atoms with Crippen LogP contribution in [-0.2, 0) is 12.3 Å². The van der Waals surface area contributed by atoms with Crippen molar-refractivity contribution in [2.24, 2.45) is 0 Å². The Labute approximate surface area is 124 Å². The normalized spacial score (nSPS) is 10.9. The lowest BCUT2D eigenvalue weighted by Crippen LogP contribution is -2.03. The number of rotatable bonds is 5. The molecule has 3 aromatic rings. The number of benzene rings is 1. The lowest BCUT2D eigenvalue weighted by molar-refractivity contribution is 0.475. The first-order valence-electron chi connectivity index (χ1n) is 6.35. The standard InChI is InChI=1S/C12H13N7OS/c1-2-18-11(13-8-14-18)7-21-12-15-16-17-19(12)9-3-5-10(20)6-4-9/h3-6,8,20H,2,7H2,1H3. The molecule has 3 rings (SSSR count). The minimum absolute atomic E-state index is 0.206. The van der Waals surface area contributed by atoms with Crippen molar-refractivity contribution in [2.45, 2.75) is 24.4 Å². The van der Waals surface area contributed by atoms with Crippen LogP contribution >= 0.6 is 11.8 Å². The molecule has 2 heterocycles. The van der Waals surface area contributed by atoms with E-state index in [1.54, 1.807) is 35.3 Å². The summed E-state index contributed by atoms with van der Waals surface area (Å²) >= 11 is 1.48. The van der Waals surface area contributed by atoms with Gasteiger partial charge < -0.3 is 5.11 Å². The van der Waals surface area contributed by atoms with Gasteiger partial charge in [0, 0.05) is 6.54 Å². The van der Waals surface area contributed by atoms with Gasteiger partial charge in [0.25, 0.3) is 0 Å². The Balaban J connectivity index is 1.78. The van der Waals surface area contributed by atoms with Crippen molar-refractivity contribution in [3.8, 4) is 11.4 Å². The molecule has 2 aromatic heterocycles. The van der Waals surface area contributed by atoms with Gasteiger partial charge in [-0.25, -0.2) is 9.67 Å². The first-order valence-corrected chi connectivity index (χ1v) is 7.33. The molecule has 0 saturated heterocycles. The van der Waals surface area contributed by atoms with Gasteiger partial charge in [-0.05, 0) is 41.6 Å². The third-order valence-corrected chi connectivity index (χ3v) is 3.78. The molecule has 0 unspecified atom stereocenters. The second-order valence-corrected chi connectivity index (χ2v) is 5.11. The van der Waals surface area contributed by atoms with Crippen LogP contribution in [0.5, 0.6) is 5.75 Å². The Morgan fingerprint density at radius 3 is 2.81 bits per heavy atom. The van der Waals surface area contributed by atoms with E-state index in [4.69, 9.17) is 0 Å². The Kier molecular flexibility index (Phi) is 3.82. The van der Waals surface area contributed by atoms with E-state index >= 15 is 0 Å². The highest BCUT2D eigenvalue weighted by Gasteiger charge is 2.11. The van der Waals surface area contributed by atoms with Crippen LogP contribution in [0.2, 0.25) is 0 Å². The summed E-state index contributed by atoms with van der Waals surface area (Å²) in [5.74, 6) is 1.71. The van der Waals surface area contributed by atoms with E-state index in [1.165, 1.54) is 11.8 Å². The lowest BCUT2D eigenvalue weighted by atomic mass is 10.3. The fourth-order valence-corrected chi connectivity index (χ4v) is 2.66. The highest BCUT2D eigenvalue weighted by molar-refractivity contribution is 7.98. The van der Waals surface area contributed by atoms with Crippen LogP contribution in [0, 0.1) is 0 Å². The van der Waals surface area contributed by atoms with Crippen LogP contribution in [0.15, 0.2) is 35.7 Å². The first-order chi connectivity index (χ1) is 10.3. The third-order valence-electron chi connectivity index (χ3n) is 2.86. The van der Waals surface area contributed by atoms with Gasteiger partial charge in [-0.1, -0.05) is 11.8 Å². The van der Waals surface area contributed by atoms with Gasteiger partial charge in [0.05, 0.1) is 11.4 Å². The zero-order valence-corrected chi connectivity index (χ0v) is 12.1. The molecule has 0 aliphatic rings. The van der Waals surface area contributed by atoms with Crippen LogP contribution in [0.1, 0.15) is 12.7 Å². The lowest BCUT2D eigenvalue weighted by Gasteiger charge is -2.04. The smallest absolute Gasteiger partial charge is 0.214 e. The van der Waals surface area contributed by atoms with Crippen LogP contribution in [0.4, 0.5) is 0 Å². The molecule has 21 heavy (non-hydrogen) atoms. The Hall–Kier alpha value is -2.42. The van der Waals surface area contributed by atoms with Crippen LogP contribution in [0.25, 0.3) is 5.69 Å². The van der Waals surface area contributed by atoms with Gasteiger partial charge in [-0.3, -0.25) is 0 Å². The van der Waals surface area contributed by atoms with E-state index in [0.717, 1.165) is 18.1 Å². The van der Waals surface area contributed by atoms with E-state index in [1.807, 2.05) is 11.6 Å². The zero-order chi connectivity index (χ0) is 14.7. The SMILES string of the molecule is CCn1ncnc1CSc1nnnn1-c1ccc(O)cc1. The Morgan fingerprint density at radius 2 is 2.05 bits per heavy atom. The maximum absolute atomic E-state index is 9.33. The van der Waals surface area contributed by atoms with Crippen LogP contribution in [0.3, 0.4) is 0 Å². The van der Waals surface area contributed by atoms with Crippen molar-refractivity contribution in [1.82, 2.24) is 35.0 Å². The number of hydrogen-bond donors (Lipinski definition) is 1. The number of aromatic hydroxyl groups is 1. The van der Waals surface area contributed by atoms with E-state index in [-0.39, 0.29) is 5.75 Å². The summed E-state index contributed by atoms with van der Waals surface area (Å²) in [6.45, 7) is 2.79. The molecule has 1 aromatic carbocycles. The number of hydrogen-bond acceptors (Lipinski definition) is 7.